The van der Waals surface area contributed by atoms with Crippen molar-refractivity contribution >= 4 is 24.3 Å². The Morgan fingerprint density at radius 3 is 2.65 bits per heavy atom. The highest BCUT2D eigenvalue weighted by Crippen LogP contribution is 2.18. The van der Waals surface area contributed by atoms with Gasteiger partial charge < -0.3 is 10.0 Å². The van der Waals surface area contributed by atoms with Crippen molar-refractivity contribution in [2.24, 2.45) is 5.92 Å². The van der Waals surface area contributed by atoms with Gasteiger partial charge in [-0.25, -0.2) is 4.68 Å². The summed E-state index contributed by atoms with van der Waals surface area (Å²) < 4.78 is 1.73. The number of rotatable bonds is 4. The fraction of sp³-hybridized carbons (Fsp3) is 0.312. The summed E-state index contributed by atoms with van der Waals surface area (Å²) >= 11 is 0. The van der Waals surface area contributed by atoms with Crippen LogP contribution in [0.2, 0.25) is 0 Å². The molecule has 1 aliphatic rings. The molecule has 0 bridgehead atoms. The predicted octanol–water partition coefficient (Wildman–Crippen LogP) is 1.77. The van der Waals surface area contributed by atoms with E-state index in [1.54, 1.807) is 15.8 Å². The summed E-state index contributed by atoms with van der Waals surface area (Å²) in [6, 6.07) is 9.67. The number of likely N-dealkylation sites (tertiary alicyclic amines) is 1. The zero-order valence-corrected chi connectivity index (χ0v) is 13.3. The van der Waals surface area contributed by atoms with Crippen molar-refractivity contribution in [1.29, 1.82) is 0 Å². The van der Waals surface area contributed by atoms with E-state index in [1.165, 1.54) is 0 Å². The summed E-state index contributed by atoms with van der Waals surface area (Å²) in [7, 11) is 0. The lowest BCUT2D eigenvalue weighted by Gasteiger charge is -2.14. The third-order valence-corrected chi connectivity index (χ3v) is 3.90. The zero-order valence-electron chi connectivity index (χ0n) is 12.5. The van der Waals surface area contributed by atoms with Crippen molar-refractivity contribution in [3.63, 3.8) is 0 Å². The van der Waals surface area contributed by atoms with Gasteiger partial charge in [0.15, 0.2) is 0 Å². The van der Waals surface area contributed by atoms with Crippen LogP contribution in [0.5, 0.6) is 0 Å². The lowest BCUT2D eigenvalue weighted by Crippen LogP contribution is -2.31. The smallest absolute Gasteiger partial charge is 0.308 e. The normalized spacial score (nSPS) is 16.9. The monoisotopic (exact) mass is 335 g/mol. The molecule has 0 aliphatic carbocycles. The standard InChI is InChI=1S/C16H17N3O3.ClH/c20-15(18-7-6-13(11-18)16(21)22)8-12-9-17-19(10-12)14-4-2-1-3-5-14;/h1-5,9-10,13H,6-8,11H2,(H,21,22);1H. The first-order chi connectivity index (χ1) is 10.6. The molecule has 1 unspecified atom stereocenters. The first kappa shape index (κ1) is 17.0. The molecular formula is C16H18ClN3O3. The highest BCUT2D eigenvalue weighted by molar-refractivity contribution is 5.85. The van der Waals surface area contributed by atoms with E-state index >= 15 is 0 Å². The van der Waals surface area contributed by atoms with Gasteiger partial charge in [0.1, 0.15) is 0 Å². The number of halogens is 1. The maximum atomic E-state index is 12.2. The molecule has 2 heterocycles. The van der Waals surface area contributed by atoms with Gasteiger partial charge in [0.05, 0.1) is 24.2 Å². The van der Waals surface area contributed by atoms with Crippen molar-refractivity contribution in [3.8, 4) is 5.69 Å². The number of carboxylic acid groups (broad SMARTS) is 1. The maximum absolute atomic E-state index is 12.2. The predicted molar refractivity (Wildman–Crippen MR) is 86.8 cm³/mol. The molecule has 122 valence electrons. The van der Waals surface area contributed by atoms with E-state index in [0.29, 0.717) is 19.5 Å². The Bertz CT molecular complexity index is 687. The molecule has 6 nitrogen and oxygen atoms in total. The van der Waals surface area contributed by atoms with Gasteiger partial charge in [0.25, 0.3) is 0 Å². The molecule has 0 saturated carbocycles. The number of carbonyl (C=O) groups is 2. The molecule has 1 amide bonds. The maximum Gasteiger partial charge on any atom is 0.308 e. The van der Waals surface area contributed by atoms with Gasteiger partial charge in [-0.2, -0.15) is 5.10 Å². The van der Waals surface area contributed by atoms with Gasteiger partial charge in [0.2, 0.25) is 5.91 Å². The van der Waals surface area contributed by atoms with Crippen molar-refractivity contribution in [2.45, 2.75) is 12.8 Å². The molecule has 7 heteroatoms. The molecule has 2 aromatic rings. The number of aliphatic carboxylic acids is 1. The van der Waals surface area contributed by atoms with Crippen molar-refractivity contribution in [1.82, 2.24) is 14.7 Å². The number of carbonyl (C=O) groups excluding carboxylic acids is 1. The third-order valence-electron chi connectivity index (χ3n) is 3.90. The molecule has 1 saturated heterocycles. The molecule has 1 N–H and O–H groups in total. The Morgan fingerprint density at radius 2 is 2.00 bits per heavy atom. The average Bonchev–Trinajstić information content (AvgIpc) is 3.17. The number of amides is 1. The molecule has 0 spiro atoms. The van der Waals surface area contributed by atoms with Crippen molar-refractivity contribution in [3.05, 3.63) is 48.3 Å². The zero-order chi connectivity index (χ0) is 15.5. The van der Waals surface area contributed by atoms with Crippen LogP contribution in [0.15, 0.2) is 42.7 Å². The van der Waals surface area contributed by atoms with E-state index in [4.69, 9.17) is 5.11 Å². The van der Waals surface area contributed by atoms with Gasteiger partial charge in [-0.1, -0.05) is 18.2 Å². The minimum Gasteiger partial charge on any atom is -0.481 e. The van der Waals surface area contributed by atoms with Crippen LogP contribution in [0.4, 0.5) is 0 Å². The molecule has 3 rings (SSSR count). The fourth-order valence-electron chi connectivity index (χ4n) is 2.65. The van der Waals surface area contributed by atoms with Crippen LogP contribution >= 0.6 is 12.4 Å². The highest BCUT2D eigenvalue weighted by Gasteiger charge is 2.30. The Balaban J connectivity index is 0.00000192. The lowest BCUT2D eigenvalue weighted by atomic mass is 10.1. The number of aromatic nitrogens is 2. The summed E-state index contributed by atoms with van der Waals surface area (Å²) in [5.74, 6) is -1.31. The topological polar surface area (TPSA) is 75.4 Å². The average molecular weight is 336 g/mol. The van der Waals surface area contributed by atoms with E-state index < -0.39 is 11.9 Å². The highest BCUT2D eigenvalue weighted by atomic mass is 35.5. The Labute approximate surface area is 140 Å². The number of carboxylic acids is 1. The molecular weight excluding hydrogens is 318 g/mol. The molecule has 0 radical (unpaired) electrons. The minimum atomic E-state index is -0.827. The molecule has 1 aromatic heterocycles. The number of nitrogens with zero attached hydrogens (tertiary/aromatic N) is 3. The van der Waals surface area contributed by atoms with Crippen LogP contribution in [0, 0.1) is 5.92 Å². The van der Waals surface area contributed by atoms with Crippen LogP contribution in [0.3, 0.4) is 0 Å². The van der Waals surface area contributed by atoms with Gasteiger partial charge in [0, 0.05) is 19.3 Å². The molecule has 1 aliphatic heterocycles. The SMILES string of the molecule is Cl.O=C(O)C1CCN(C(=O)Cc2cnn(-c3ccccc3)c2)C1. The van der Waals surface area contributed by atoms with Gasteiger partial charge in [-0.3, -0.25) is 9.59 Å². The molecule has 1 aromatic carbocycles. The molecule has 1 fully saturated rings. The summed E-state index contributed by atoms with van der Waals surface area (Å²) in [5.41, 5.74) is 1.76. The fourth-order valence-corrected chi connectivity index (χ4v) is 2.65. The Hall–Kier alpha value is -2.34. The number of hydrogen-bond donors (Lipinski definition) is 1. The number of hydrogen-bond acceptors (Lipinski definition) is 3. The van der Waals surface area contributed by atoms with Crippen LogP contribution in [-0.4, -0.2) is 44.8 Å². The summed E-state index contributed by atoms with van der Waals surface area (Å²) in [6.07, 6.45) is 4.29. The second-order valence-corrected chi connectivity index (χ2v) is 5.47. The van der Waals surface area contributed by atoms with Gasteiger partial charge in [-0.05, 0) is 24.1 Å². The van der Waals surface area contributed by atoms with E-state index in [2.05, 4.69) is 5.10 Å². The minimum absolute atomic E-state index is 0. The largest absolute Gasteiger partial charge is 0.481 e. The van der Waals surface area contributed by atoms with Crippen LogP contribution in [0.25, 0.3) is 5.69 Å². The van der Waals surface area contributed by atoms with Crippen LogP contribution in [-0.2, 0) is 16.0 Å². The second-order valence-electron chi connectivity index (χ2n) is 5.47. The van der Waals surface area contributed by atoms with E-state index in [9.17, 15) is 9.59 Å². The van der Waals surface area contributed by atoms with Crippen molar-refractivity contribution in [2.75, 3.05) is 13.1 Å². The summed E-state index contributed by atoms with van der Waals surface area (Å²) in [4.78, 5) is 24.8. The molecule has 1 atom stereocenters. The number of para-hydroxylation sites is 1. The van der Waals surface area contributed by atoms with Crippen LogP contribution < -0.4 is 0 Å². The summed E-state index contributed by atoms with van der Waals surface area (Å²) in [5, 5.41) is 13.2. The Kier molecular flexibility index (Phi) is 5.39. The first-order valence-corrected chi connectivity index (χ1v) is 7.23. The van der Waals surface area contributed by atoms with Crippen molar-refractivity contribution < 1.29 is 14.7 Å². The van der Waals surface area contributed by atoms with E-state index in [-0.39, 0.29) is 24.7 Å². The van der Waals surface area contributed by atoms with Gasteiger partial charge >= 0.3 is 5.97 Å². The number of benzene rings is 1. The van der Waals surface area contributed by atoms with Crippen LogP contribution in [0.1, 0.15) is 12.0 Å². The third kappa shape index (κ3) is 3.90. The van der Waals surface area contributed by atoms with E-state index in [0.717, 1.165) is 11.3 Å². The molecule has 23 heavy (non-hydrogen) atoms. The Morgan fingerprint density at radius 1 is 1.26 bits per heavy atom. The quantitative estimate of drug-likeness (QED) is 0.924. The first-order valence-electron chi connectivity index (χ1n) is 7.23. The second kappa shape index (κ2) is 7.28. The lowest BCUT2D eigenvalue weighted by molar-refractivity contribution is -0.141. The van der Waals surface area contributed by atoms with Gasteiger partial charge in [-0.15, -0.1) is 12.4 Å². The summed E-state index contributed by atoms with van der Waals surface area (Å²) in [6.45, 7) is 0.823. The van der Waals surface area contributed by atoms with E-state index in [1.807, 2.05) is 36.5 Å².